The minimum atomic E-state index is -4.14. The van der Waals surface area contributed by atoms with Crippen LogP contribution < -0.4 is 5.32 Å². The fourth-order valence-corrected chi connectivity index (χ4v) is 3.10. The molecule has 2 rings (SSSR count). The van der Waals surface area contributed by atoms with E-state index in [1.807, 2.05) is 11.9 Å². The third-order valence-corrected chi connectivity index (χ3v) is 4.43. The van der Waals surface area contributed by atoms with E-state index in [4.69, 9.17) is 0 Å². The van der Waals surface area contributed by atoms with Crippen molar-refractivity contribution in [3.63, 3.8) is 0 Å². The Balaban J connectivity index is 1.87. The van der Waals surface area contributed by atoms with E-state index in [0.29, 0.717) is 32.0 Å². The molecule has 1 aliphatic rings. The summed E-state index contributed by atoms with van der Waals surface area (Å²) in [7, 11) is 3.63. The van der Waals surface area contributed by atoms with E-state index in [-0.39, 0.29) is 6.04 Å². The van der Waals surface area contributed by atoms with Gasteiger partial charge in [-0.25, -0.2) is 0 Å². The van der Waals surface area contributed by atoms with Crippen LogP contribution in [0.4, 0.5) is 13.2 Å². The molecular formula is C18H27F3N4. The Bertz CT molecular complexity index is 569. The average molecular weight is 356 g/mol. The summed E-state index contributed by atoms with van der Waals surface area (Å²) in [6, 6.07) is 8.43. The van der Waals surface area contributed by atoms with Crippen molar-refractivity contribution >= 4 is 5.96 Å². The Morgan fingerprint density at radius 1 is 1.28 bits per heavy atom. The molecule has 0 radical (unpaired) electrons. The molecule has 0 aliphatic carbocycles. The molecule has 1 atom stereocenters. The maximum absolute atomic E-state index is 12.5. The van der Waals surface area contributed by atoms with E-state index in [0.717, 1.165) is 6.42 Å². The molecular weight excluding hydrogens is 329 g/mol. The Labute approximate surface area is 147 Å². The van der Waals surface area contributed by atoms with E-state index in [1.54, 1.807) is 7.05 Å². The van der Waals surface area contributed by atoms with Crippen LogP contribution in [0, 0.1) is 0 Å². The highest BCUT2D eigenvalue weighted by Crippen LogP contribution is 2.20. The molecule has 1 aromatic carbocycles. The van der Waals surface area contributed by atoms with Gasteiger partial charge >= 0.3 is 6.18 Å². The van der Waals surface area contributed by atoms with Gasteiger partial charge in [-0.1, -0.05) is 31.2 Å². The Hall–Kier alpha value is -1.76. The second-order valence-electron chi connectivity index (χ2n) is 6.55. The molecule has 1 aliphatic heterocycles. The largest absolute Gasteiger partial charge is 0.401 e. The van der Waals surface area contributed by atoms with Crippen LogP contribution in [0.2, 0.25) is 0 Å². The molecule has 25 heavy (non-hydrogen) atoms. The van der Waals surface area contributed by atoms with Crippen LogP contribution in [-0.4, -0.2) is 61.7 Å². The number of nitrogens with zero attached hydrogens (tertiary/aromatic N) is 3. The number of guanidine groups is 1. The van der Waals surface area contributed by atoms with Gasteiger partial charge in [0.05, 0.1) is 6.54 Å². The summed E-state index contributed by atoms with van der Waals surface area (Å²) in [5.74, 6) is 0.707. The molecule has 0 spiro atoms. The highest BCUT2D eigenvalue weighted by molar-refractivity contribution is 5.80. The molecule has 1 unspecified atom stereocenters. The third-order valence-electron chi connectivity index (χ3n) is 4.43. The first-order chi connectivity index (χ1) is 11.8. The number of likely N-dealkylation sites (tertiary alicyclic amines) is 1. The summed E-state index contributed by atoms with van der Waals surface area (Å²) < 4.78 is 37.5. The van der Waals surface area contributed by atoms with Crippen molar-refractivity contribution in [3.05, 3.63) is 35.4 Å². The summed E-state index contributed by atoms with van der Waals surface area (Å²) in [5, 5.41) is 3.29. The lowest BCUT2D eigenvalue weighted by Gasteiger charge is -2.25. The van der Waals surface area contributed by atoms with Crippen molar-refractivity contribution < 1.29 is 13.2 Å². The summed E-state index contributed by atoms with van der Waals surface area (Å²) in [6.07, 6.45) is -2.44. The second-order valence-corrected chi connectivity index (χ2v) is 6.55. The maximum Gasteiger partial charge on any atom is 0.401 e. The Morgan fingerprint density at radius 2 is 1.92 bits per heavy atom. The van der Waals surface area contributed by atoms with E-state index in [9.17, 15) is 13.2 Å². The molecule has 1 N–H and O–H groups in total. The number of hydrogen-bond acceptors (Lipinski definition) is 2. The zero-order valence-electron chi connectivity index (χ0n) is 15.1. The average Bonchev–Trinajstić information content (AvgIpc) is 2.98. The topological polar surface area (TPSA) is 30.9 Å². The smallest absolute Gasteiger partial charge is 0.352 e. The van der Waals surface area contributed by atoms with Crippen molar-refractivity contribution in [1.29, 1.82) is 0 Å². The quantitative estimate of drug-likeness (QED) is 0.650. The first-order valence-electron chi connectivity index (χ1n) is 8.62. The number of hydrogen-bond donors (Lipinski definition) is 1. The van der Waals surface area contributed by atoms with Crippen molar-refractivity contribution in [1.82, 2.24) is 15.1 Å². The first-order valence-corrected chi connectivity index (χ1v) is 8.62. The lowest BCUT2D eigenvalue weighted by atomic mass is 10.1. The van der Waals surface area contributed by atoms with Gasteiger partial charge in [0.2, 0.25) is 0 Å². The van der Waals surface area contributed by atoms with Crippen LogP contribution in [0.3, 0.4) is 0 Å². The molecule has 1 aromatic rings. The number of benzene rings is 1. The molecule has 0 aromatic heterocycles. The normalized spacial score (nSPS) is 19.3. The zero-order valence-corrected chi connectivity index (χ0v) is 15.1. The minimum Gasteiger partial charge on any atom is -0.352 e. The number of aryl methyl sites for hydroxylation is 1. The van der Waals surface area contributed by atoms with Crippen LogP contribution in [0.5, 0.6) is 0 Å². The molecule has 0 bridgehead atoms. The van der Waals surface area contributed by atoms with Crippen LogP contribution in [0.25, 0.3) is 0 Å². The van der Waals surface area contributed by atoms with E-state index < -0.39 is 12.7 Å². The number of halogens is 3. The van der Waals surface area contributed by atoms with Crippen LogP contribution in [-0.2, 0) is 13.0 Å². The van der Waals surface area contributed by atoms with Crippen molar-refractivity contribution in [2.45, 2.75) is 38.5 Å². The fourth-order valence-electron chi connectivity index (χ4n) is 3.10. The van der Waals surface area contributed by atoms with Gasteiger partial charge in [-0.15, -0.1) is 0 Å². The van der Waals surface area contributed by atoms with E-state index in [2.05, 4.69) is 41.5 Å². The summed E-state index contributed by atoms with van der Waals surface area (Å²) in [4.78, 5) is 7.70. The van der Waals surface area contributed by atoms with Crippen LogP contribution >= 0.6 is 0 Å². The summed E-state index contributed by atoms with van der Waals surface area (Å²) in [5.41, 5.74) is 2.47. The molecule has 0 saturated carbocycles. The second kappa shape index (κ2) is 8.56. The fraction of sp³-hybridized carbons (Fsp3) is 0.611. The molecule has 1 fully saturated rings. The first kappa shape index (κ1) is 19.6. The minimum absolute atomic E-state index is 0.00836. The number of nitrogens with one attached hydrogen (secondary N) is 1. The molecule has 1 saturated heterocycles. The third kappa shape index (κ3) is 6.23. The number of alkyl halides is 3. The zero-order chi connectivity index (χ0) is 18.4. The van der Waals surface area contributed by atoms with Crippen LogP contribution in [0.15, 0.2) is 29.3 Å². The van der Waals surface area contributed by atoms with Gasteiger partial charge in [-0.2, -0.15) is 13.2 Å². The molecule has 1 heterocycles. The highest BCUT2D eigenvalue weighted by Gasteiger charge is 2.34. The van der Waals surface area contributed by atoms with Crippen molar-refractivity contribution in [2.75, 3.05) is 33.7 Å². The van der Waals surface area contributed by atoms with Gasteiger partial charge in [0.1, 0.15) is 0 Å². The van der Waals surface area contributed by atoms with Gasteiger partial charge in [-0.05, 0) is 24.0 Å². The molecule has 7 heteroatoms. The molecule has 140 valence electrons. The number of aliphatic imine (C=N–C) groups is 1. The Kier molecular flexibility index (Phi) is 6.70. The lowest BCUT2D eigenvalue weighted by molar-refractivity contribution is -0.143. The predicted octanol–water partition coefficient (Wildman–Crippen LogP) is 2.89. The lowest BCUT2D eigenvalue weighted by Crippen LogP contribution is -2.45. The predicted molar refractivity (Wildman–Crippen MR) is 94.7 cm³/mol. The number of rotatable bonds is 5. The SMILES string of the molecule is CCc1ccc(CN(C)C(=NC)NC2CCN(CC(F)(F)F)C2)cc1. The van der Waals surface area contributed by atoms with Gasteiger partial charge < -0.3 is 10.2 Å². The van der Waals surface area contributed by atoms with E-state index >= 15 is 0 Å². The highest BCUT2D eigenvalue weighted by atomic mass is 19.4. The van der Waals surface area contributed by atoms with Gasteiger partial charge in [-0.3, -0.25) is 9.89 Å². The van der Waals surface area contributed by atoms with Crippen LogP contribution in [0.1, 0.15) is 24.5 Å². The van der Waals surface area contributed by atoms with Crippen molar-refractivity contribution in [2.24, 2.45) is 4.99 Å². The van der Waals surface area contributed by atoms with E-state index in [1.165, 1.54) is 16.0 Å². The monoisotopic (exact) mass is 356 g/mol. The van der Waals surface area contributed by atoms with Crippen molar-refractivity contribution in [3.8, 4) is 0 Å². The molecule has 4 nitrogen and oxygen atoms in total. The summed E-state index contributed by atoms with van der Waals surface area (Å²) in [6.45, 7) is 2.82. The van der Waals surface area contributed by atoms with Gasteiger partial charge in [0, 0.05) is 39.8 Å². The Morgan fingerprint density at radius 3 is 2.48 bits per heavy atom. The van der Waals surface area contributed by atoms with Gasteiger partial charge in [0.25, 0.3) is 0 Å². The maximum atomic E-state index is 12.5. The standard InChI is InChI=1S/C18H27F3N4/c1-4-14-5-7-15(8-6-14)11-24(3)17(22-2)23-16-9-10-25(12-16)13-18(19,20)21/h5-8,16H,4,9-13H2,1-3H3,(H,22,23). The van der Waals surface area contributed by atoms with Gasteiger partial charge in [0.15, 0.2) is 5.96 Å². The molecule has 0 amide bonds. The summed E-state index contributed by atoms with van der Waals surface area (Å²) >= 11 is 0.